The van der Waals surface area contributed by atoms with Crippen molar-refractivity contribution in [2.45, 2.75) is 6.92 Å². The van der Waals surface area contributed by atoms with Crippen LogP contribution in [0.15, 0.2) is 34.9 Å². The first kappa shape index (κ1) is 11.9. The summed E-state index contributed by atoms with van der Waals surface area (Å²) >= 11 is 3.25. The highest BCUT2D eigenvalue weighted by molar-refractivity contribution is 9.10. The van der Waals surface area contributed by atoms with E-state index in [-0.39, 0.29) is 5.75 Å². The average Bonchev–Trinajstić information content (AvgIpc) is 2.29. The van der Waals surface area contributed by atoms with Crippen molar-refractivity contribution in [1.29, 1.82) is 0 Å². The lowest BCUT2D eigenvalue weighted by Crippen LogP contribution is -1.95. The van der Waals surface area contributed by atoms with Crippen LogP contribution in [-0.4, -0.2) is 4.98 Å². The molecular weight excluding hydrogens is 287 g/mol. The number of hydrogen-bond acceptors (Lipinski definition) is 3. The molecule has 0 saturated carbocycles. The normalized spacial score (nSPS) is 10.3. The first-order valence-electron chi connectivity index (χ1n) is 4.91. The molecule has 5 heteroatoms. The van der Waals surface area contributed by atoms with Gasteiger partial charge in [0.2, 0.25) is 5.88 Å². The summed E-state index contributed by atoms with van der Waals surface area (Å²) in [5, 5.41) is 0. The number of ether oxygens (including phenoxy) is 1. The van der Waals surface area contributed by atoms with Crippen molar-refractivity contribution in [3.05, 3.63) is 46.3 Å². The van der Waals surface area contributed by atoms with E-state index >= 15 is 0 Å². The van der Waals surface area contributed by atoms with Crippen LogP contribution < -0.4 is 10.5 Å². The van der Waals surface area contributed by atoms with Crippen molar-refractivity contribution < 1.29 is 9.13 Å². The van der Waals surface area contributed by atoms with Gasteiger partial charge in [0.05, 0.1) is 11.9 Å². The van der Waals surface area contributed by atoms with E-state index < -0.39 is 5.82 Å². The number of benzene rings is 1. The molecule has 2 N–H and O–H groups in total. The summed E-state index contributed by atoms with van der Waals surface area (Å²) in [6.45, 7) is 1.83. The second-order valence-electron chi connectivity index (χ2n) is 3.56. The molecule has 0 amide bonds. The van der Waals surface area contributed by atoms with Crippen molar-refractivity contribution in [2.75, 3.05) is 5.73 Å². The maximum Gasteiger partial charge on any atom is 0.219 e. The lowest BCUT2D eigenvalue weighted by molar-refractivity contribution is 0.427. The maximum absolute atomic E-state index is 13.4. The maximum atomic E-state index is 13.4. The van der Waals surface area contributed by atoms with Gasteiger partial charge in [-0.05, 0) is 30.7 Å². The fourth-order valence-electron chi connectivity index (χ4n) is 1.26. The van der Waals surface area contributed by atoms with Crippen LogP contribution in [0.5, 0.6) is 11.6 Å². The molecule has 3 nitrogen and oxygen atoms in total. The zero-order chi connectivity index (χ0) is 12.4. The van der Waals surface area contributed by atoms with Crippen molar-refractivity contribution in [3.63, 3.8) is 0 Å². The second-order valence-corrected chi connectivity index (χ2v) is 4.47. The first-order valence-corrected chi connectivity index (χ1v) is 5.70. The van der Waals surface area contributed by atoms with E-state index in [9.17, 15) is 4.39 Å². The molecule has 2 aromatic rings. The van der Waals surface area contributed by atoms with Crippen LogP contribution in [0.25, 0.3) is 0 Å². The number of nitrogens with zero attached hydrogens (tertiary/aromatic N) is 1. The highest BCUT2D eigenvalue weighted by Crippen LogP contribution is 2.27. The number of aryl methyl sites for hydroxylation is 1. The summed E-state index contributed by atoms with van der Waals surface area (Å²) in [7, 11) is 0. The van der Waals surface area contributed by atoms with E-state index in [1.165, 1.54) is 12.3 Å². The smallest absolute Gasteiger partial charge is 0.219 e. The molecule has 0 atom stereocenters. The number of rotatable bonds is 2. The Morgan fingerprint density at radius 3 is 2.82 bits per heavy atom. The largest absolute Gasteiger partial charge is 0.436 e. The van der Waals surface area contributed by atoms with Gasteiger partial charge in [-0.15, -0.1) is 0 Å². The van der Waals surface area contributed by atoms with Gasteiger partial charge in [-0.1, -0.05) is 15.9 Å². The number of aromatic nitrogens is 1. The van der Waals surface area contributed by atoms with Crippen LogP contribution in [0.2, 0.25) is 0 Å². The average molecular weight is 297 g/mol. The van der Waals surface area contributed by atoms with Gasteiger partial charge < -0.3 is 10.5 Å². The number of hydrogen-bond donors (Lipinski definition) is 1. The highest BCUT2D eigenvalue weighted by atomic mass is 79.9. The Hall–Kier alpha value is -1.62. The molecule has 0 unspecified atom stereocenters. The third-order valence-electron chi connectivity index (χ3n) is 2.23. The summed E-state index contributed by atoms with van der Waals surface area (Å²) in [4.78, 5) is 3.98. The Morgan fingerprint density at radius 1 is 1.35 bits per heavy atom. The van der Waals surface area contributed by atoms with Crippen molar-refractivity contribution >= 4 is 21.6 Å². The van der Waals surface area contributed by atoms with Gasteiger partial charge in [0.25, 0.3) is 0 Å². The molecule has 0 bridgehead atoms. The topological polar surface area (TPSA) is 48.1 Å². The number of pyridine rings is 1. The molecule has 0 aliphatic heterocycles. The van der Waals surface area contributed by atoms with Crippen molar-refractivity contribution in [1.82, 2.24) is 4.98 Å². The molecule has 0 spiro atoms. The Morgan fingerprint density at radius 2 is 2.12 bits per heavy atom. The van der Waals surface area contributed by atoms with Crippen LogP contribution in [0.4, 0.5) is 10.1 Å². The Kier molecular flexibility index (Phi) is 3.28. The molecule has 0 fully saturated rings. The Balaban J connectivity index is 2.31. The quantitative estimate of drug-likeness (QED) is 0.920. The minimum absolute atomic E-state index is 0.121. The predicted octanol–water partition coefficient (Wildman–Crippen LogP) is 3.67. The summed E-state index contributed by atoms with van der Waals surface area (Å²) in [5.74, 6) is -0.00535. The number of nitrogens with two attached hydrogens (primary N) is 1. The van der Waals surface area contributed by atoms with Crippen molar-refractivity contribution in [3.8, 4) is 11.6 Å². The third-order valence-corrected chi connectivity index (χ3v) is 2.73. The second kappa shape index (κ2) is 4.71. The molecular formula is C12H10BrFN2O. The zero-order valence-corrected chi connectivity index (χ0v) is 10.7. The lowest BCUT2D eigenvalue weighted by Gasteiger charge is -2.07. The molecule has 1 aromatic heterocycles. The van der Waals surface area contributed by atoms with Gasteiger partial charge >= 0.3 is 0 Å². The van der Waals surface area contributed by atoms with Crippen LogP contribution in [-0.2, 0) is 0 Å². The molecule has 1 heterocycles. The summed E-state index contributed by atoms with van der Waals surface area (Å²) < 4.78 is 19.5. The number of nitrogen functional groups attached to an aromatic ring is 1. The molecule has 88 valence electrons. The summed E-state index contributed by atoms with van der Waals surface area (Å²) in [5.41, 5.74) is 7.05. The van der Waals surface area contributed by atoms with Gasteiger partial charge in [0, 0.05) is 10.5 Å². The minimum atomic E-state index is -0.440. The molecule has 0 aliphatic carbocycles. The van der Waals surface area contributed by atoms with Gasteiger partial charge in [0.15, 0.2) is 11.6 Å². The predicted molar refractivity (Wildman–Crippen MR) is 67.6 cm³/mol. The SMILES string of the molecule is Cc1cc(Oc2cc(Br)ccc2F)ncc1N. The summed E-state index contributed by atoms with van der Waals surface area (Å²) in [6.07, 6.45) is 1.49. The van der Waals surface area contributed by atoms with Crippen LogP contribution in [0, 0.1) is 12.7 Å². The van der Waals surface area contributed by atoms with Gasteiger partial charge in [-0.25, -0.2) is 9.37 Å². The summed E-state index contributed by atoms with van der Waals surface area (Å²) in [6, 6.07) is 6.13. The Bertz CT molecular complexity index is 560. The minimum Gasteiger partial charge on any atom is -0.436 e. The van der Waals surface area contributed by atoms with E-state index in [0.717, 1.165) is 10.0 Å². The fourth-order valence-corrected chi connectivity index (χ4v) is 1.60. The molecule has 1 aromatic carbocycles. The van der Waals surface area contributed by atoms with E-state index in [0.29, 0.717) is 11.6 Å². The first-order chi connectivity index (χ1) is 8.06. The molecule has 0 radical (unpaired) electrons. The molecule has 2 rings (SSSR count). The monoisotopic (exact) mass is 296 g/mol. The van der Waals surface area contributed by atoms with E-state index in [2.05, 4.69) is 20.9 Å². The van der Waals surface area contributed by atoms with E-state index in [1.54, 1.807) is 18.2 Å². The van der Waals surface area contributed by atoms with E-state index in [4.69, 9.17) is 10.5 Å². The molecule has 17 heavy (non-hydrogen) atoms. The van der Waals surface area contributed by atoms with E-state index in [1.807, 2.05) is 6.92 Å². The number of anilines is 1. The molecule has 0 saturated heterocycles. The van der Waals surface area contributed by atoms with Gasteiger partial charge in [0.1, 0.15) is 0 Å². The van der Waals surface area contributed by atoms with Crippen LogP contribution in [0.1, 0.15) is 5.56 Å². The number of halogens is 2. The van der Waals surface area contributed by atoms with Crippen LogP contribution >= 0.6 is 15.9 Å². The van der Waals surface area contributed by atoms with Crippen molar-refractivity contribution in [2.24, 2.45) is 0 Å². The molecule has 0 aliphatic rings. The van der Waals surface area contributed by atoms with Crippen LogP contribution in [0.3, 0.4) is 0 Å². The standard InChI is InChI=1S/C12H10BrFN2O/c1-7-4-12(16-6-10(7)15)17-11-5-8(13)2-3-9(11)14/h2-6H,15H2,1H3. The Labute approximate surface area is 107 Å². The highest BCUT2D eigenvalue weighted by Gasteiger charge is 2.07. The van der Waals surface area contributed by atoms with Gasteiger partial charge in [-0.2, -0.15) is 0 Å². The fraction of sp³-hybridized carbons (Fsp3) is 0.0833. The van der Waals surface area contributed by atoms with Gasteiger partial charge in [-0.3, -0.25) is 0 Å². The third kappa shape index (κ3) is 2.74. The zero-order valence-electron chi connectivity index (χ0n) is 9.08. The lowest BCUT2D eigenvalue weighted by atomic mass is 10.2.